The van der Waals surface area contributed by atoms with Crippen molar-refractivity contribution in [1.29, 1.82) is 0 Å². The lowest BCUT2D eigenvalue weighted by Crippen LogP contribution is -2.41. The molecule has 0 aromatic rings. The number of hydrogen-bond acceptors (Lipinski definition) is 4. The molecule has 0 aromatic carbocycles. The average Bonchev–Trinajstić information content (AvgIpc) is 2.95. The lowest BCUT2D eigenvalue weighted by molar-refractivity contribution is -0.156. The summed E-state index contributed by atoms with van der Waals surface area (Å²) >= 11 is 1.93. The second-order valence-corrected chi connectivity index (χ2v) is 8.90. The van der Waals surface area contributed by atoms with E-state index < -0.39 is 0 Å². The second-order valence-electron chi connectivity index (χ2n) is 7.55. The molecule has 2 fully saturated rings. The maximum atomic E-state index is 12.9. The first kappa shape index (κ1) is 16.4. The molecule has 0 bridgehead atoms. The number of esters is 1. The third-order valence-corrected chi connectivity index (χ3v) is 7.80. The van der Waals surface area contributed by atoms with Gasteiger partial charge in [-0.3, -0.25) is 9.79 Å². The largest absolute Gasteiger partial charge is 0.462 e. The molecule has 130 valence electrons. The second kappa shape index (κ2) is 7.07. The van der Waals surface area contributed by atoms with E-state index in [0.29, 0.717) is 5.92 Å². The molecule has 2 aliphatic heterocycles. The third-order valence-electron chi connectivity index (χ3n) is 6.08. The molecular weight excluding hydrogens is 318 g/mol. The Hall–Kier alpha value is -1.03. The summed E-state index contributed by atoms with van der Waals surface area (Å²) in [7, 11) is 0. The number of carbonyl (C=O) groups is 1. The summed E-state index contributed by atoms with van der Waals surface area (Å²) < 4.78 is 6.02. The molecule has 1 saturated carbocycles. The lowest BCUT2D eigenvalue weighted by atomic mass is 9.74. The normalized spacial score (nSPS) is 36.2. The Bertz CT molecular complexity index is 574. The summed E-state index contributed by atoms with van der Waals surface area (Å²) in [5.41, 5.74) is 1.16. The van der Waals surface area contributed by atoms with Gasteiger partial charge in [-0.05, 0) is 50.5 Å². The highest BCUT2D eigenvalue weighted by atomic mass is 32.2. The molecule has 0 aromatic heterocycles. The minimum absolute atomic E-state index is 0.0219. The van der Waals surface area contributed by atoms with Gasteiger partial charge in [0, 0.05) is 12.0 Å². The summed E-state index contributed by atoms with van der Waals surface area (Å²) in [5, 5.41) is 0. The molecule has 24 heavy (non-hydrogen) atoms. The van der Waals surface area contributed by atoms with Crippen LogP contribution < -0.4 is 0 Å². The Morgan fingerprint density at radius 3 is 2.83 bits per heavy atom. The highest BCUT2D eigenvalue weighted by Gasteiger charge is 2.55. The van der Waals surface area contributed by atoms with Crippen LogP contribution in [0.5, 0.6) is 0 Å². The van der Waals surface area contributed by atoms with Crippen LogP contribution in [0.3, 0.4) is 0 Å². The fourth-order valence-corrected chi connectivity index (χ4v) is 6.50. The van der Waals surface area contributed by atoms with Crippen LogP contribution >= 0.6 is 11.8 Å². The Morgan fingerprint density at radius 2 is 2.00 bits per heavy atom. The molecule has 1 saturated heterocycles. The van der Waals surface area contributed by atoms with Gasteiger partial charge in [0.2, 0.25) is 0 Å². The minimum Gasteiger partial charge on any atom is -0.462 e. The number of carbonyl (C=O) groups excluding carboxylic acids is 1. The van der Waals surface area contributed by atoms with Crippen LogP contribution in [-0.4, -0.2) is 28.8 Å². The zero-order valence-electron chi connectivity index (χ0n) is 14.3. The first-order valence-electron chi connectivity index (χ1n) is 9.54. The van der Waals surface area contributed by atoms with Crippen LogP contribution in [0.1, 0.15) is 57.8 Å². The van der Waals surface area contributed by atoms with Gasteiger partial charge < -0.3 is 4.74 Å². The predicted octanol–water partition coefficient (Wildman–Crippen LogP) is 4.68. The summed E-state index contributed by atoms with van der Waals surface area (Å²) in [5.74, 6) is 1.31. The zero-order valence-corrected chi connectivity index (χ0v) is 15.1. The van der Waals surface area contributed by atoms with E-state index >= 15 is 0 Å². The molecule has 3 unspecified atom stereocenters. The number of allylic oxidation sites excluding steroid dienone is 3. The number of nitrogens with zero attached hydrogens (tertiary/aromatic N) is 1. The molecule has 0 amide bonds. The molecule has 0 N–H and O–H groups in total. The quantitative estimate of drug-likeness (QED) is 0.682. The predicted molar refractivity (Wildman–Crippen MR) is 99.3 cm³/mol. The molecule has 3 atom stereocenters. The SMILES string of the molecule is O=C(OC1CCCCCCC1)C1CSC23CC=CC=C2N=CCC13. The first-order chi connectivity index (χ1) is 11.8. The van der Waals surface area contributed by atoms with Gasteiger partial charge in [0.05, 0.1) is 16.4 Å². The standard InChI is InChI=1S/C20H27NO2S/c22-19(23-15-8-4-2-1-3-5-9-15)16-14-24-20-12-7-6-10-18(20)21-13-11-17(16)20/h6-7,10,13,15-17H,1-5,8-9,11-12,14H2. The van der Waals surface area contributed by atoms with Crippen LogP contribution in [0, 0.1) is 11.8 Å². The molecule has 4 aliphatic rings. The average molecular weight is 346 g/mol. The van der Waals surface area contributed by atoms with Gasteiger partial charge in [-0.1, -0.05) is 31.4 Å². The van der Waals surface area contributed by atoms with Crippen molar-refractivity contribution < 1.29 is 9.53 Å². The molecule has 3 nitrogen and oxygen atoms in total. The van der Waals surface area contributed by atoms with Gasteiger partial charge >= 0.3 is 5.97 Å². The zero-order chi connectivity index (χ0) is 16.4. The summed E-state index contributed by atoms with van der Waals surface area (Å²) in [6.45, 7) is 0. The van der Waals surface area contributed by atoms with Crippen molar-refractivity contribution in [1.82, 2.24) is 0 Å². The van der Waals surface area contributed by atoms with E-state index in [-0.39, 0.29) is 22.7 Å². The highest BCUT2D eigenvalue weighted by Crippen LogP contribution is 2.57. The van der Waals surface area contributed by atoms with Crippen LogP contribution in [-0.2, 0) is 9.53 Å². The van der Waals surface area contributed by atoms with Gasteiger partial charge in [0.1, 0.15) is 6.10 Å². The molecule has 4 rings (SSSR count). The number of rotatable bonds is 2. The molecule has 4 heteroatoms. The van der Waals surface area contributed by atoms with E-state index in [9.17, 15) is 4.79 Å². The third kappa shape index (κ3) is 2.98. The van der Waals surface area contributed by atoms with Crippen LogP contribution in [0.2, 0.25) is 0 Å². The Balaban J connectivity index is 1.45. The maximum absolute atomic E-state index is 12.9. The van der Waals surface area contributed by atoms with E-state index in [2.05, 4.69) is 23.2 Å². The van der Waals surface area contributed by atoms with Crippen LogP contribution in [0.15, 0.2) is 28.9 Å². The number of ether oxygens (including phenoxy) is 1. The van der Waals surface area contributed by atoms with E-state index in [1.165, 1.54) is 32.1 Å². The van der Waals surface area contributed by atoms with Gasteiger partial charge in [-0.2, -0.15) is 0 Å². The van der Waals surface area contributed by atoms with Crippen molar-refractivity contribution in [2.24, 2.45) is 16.8 Å². The van der Waals surface area contributed by atoms with Gasteiger partial charge in [0.15, 0.2) is 0 Å². The number of aliphatic imine (C=N–C) groups is 1. The smallest absolute Gasteiger partial charge is 0.310 e. The van der Waals surface area contributed by atoms with Crippen molar-refractivity contribution in [3.05, 3.63) is 23.9 Å². The summed E-state index contributed by atoms with van der Waals surface area (Å²) in [4.78, 5) is 17.5. The van der Waals surface area contributed by atoms with E-state index in [0.717, 1.165) is 37.1 Å². The fraction of sp³-hybridized carbons (Fsp3) is 0.700. The first-order valence-corrected chi connectivity index (χ1v) is 10.5. The molecular formula is C20H27NO2S. The lowest BCUT2D eigenvalue weighted by Gasteiger charge is -2.39. The van der Waals surface area contributed by atoms with Crippen molar-refractivity contribution in [3.63, 3.8) is 0 Å². The highest BCUT2D eigenvalue weighted by molar-refractivity contribution is 8.01. The molecule has 1 spiro atoms. The van der Waals surface area contributed by atoms with E-state index in [1.54, 1.807) is 0 Å². The Kier molecular flexibility index (Phi) is 4.84. The fourth-order valence-electron chi connectivity index (χ4n) is 4.70. The van der Waals surface area contributed by atoms with Crippen molar-refractivity contribution >= 4 is 23.9 Å². The topological polar surface area (TPSA) is 38.7 Å². The monoisotopic (exact) mass is 345 g/mol. The Labute approximate surface area is 149 Å². The maximum Gasteiger partial charge on any atom is 0.310 e. The minimum atomic E-state index is 0.0219. The van der Waals surface area contributed by atoms with Gasteiger partial charge in [-0.15, -0.1) is 11.8 Å². The number of hydrogen-bond donors (Lipinski definition) is 0. The van der Waals surface area contributed by atoms with Crippen LogP contribution in [0.4, 0.5) is 0 Å². The van der Waals surface area contributed by atoms with Gasteiger partial charge in [0.25, 0.3) is 0 Å². The molecule has 2 heterocycles. The van der Waals surface area contributed by atoms with Crippen molar-refractivity contribution in [3.8, 4) is 0 Å². The van der Waals surface area contributed by atoms with Crippen molar-refractivity contribution in [2.45, 2.75) is 68.6 Å². The Morgan fingerprint density at radius 1 is 1.21 bits per heavy atom. The summed E-state index contributed by atoms with van der Waals surface area (Å²) in [6, 6.07) is 0. The van der Waals surface area contributed by atoms with E-state index in [4.69, 9.17) is 4.74 Å². The molecule has 0 radical (unpaired) electrons. The molecule has 2 aliphatic carbocycles. The van der Waals surface area contributed by atoms with Crippen molar-refractivity contribution in [2.75, 3.05) is 5.75 Å². The van der Waals surface area contributed by atoms with Crippen LogP contribution in [0.25, 0.3) is 0 Å². The van der Waals surface area contributed by atoms with E-state index in [1.807, 2.05) is 18.0 Å². The van der Waals surface area contributed by atoms with Gasteiger partial charge in [-0.25, -0.2) is 0 Å². The number of thioether (sulfide) groups is 1. The summed E-state index contributed by atoms with van der Waals surface area (Å²) in [6.07, 6.45) is 18.9.